The maximum Gasteiger partial charge on any atom is 0.148 e. The lowest BCUT2D eigenvalue weighted by Gasteiger charge is -2.10. The number of alkyl halides is 1. The molecule has 2 aromatic carbocycles. The third-order valence-electron chi connectivity index (χ3n) is 2.97. The first-order valence-corrected chi connectivity index (χ1v) is 7.49. The van der Waals surface area contributed by atoms with E-state index in [1.807, 2.05) is 6.07 Å². The molecule has 0 atom stereocenters. The summed E-state index contributed by atoms with van der Waals surface area (Å²) in [6, 6.07) is 10.2. The Morgan fingerprint density at radius 2 is 2.05 bits per heavy atom. The molecule has 6 heteroatoms. The number of nitrogens with zero attached hydrogens (tertiary/aromatic N) is 2. The fraction of sp³-hybridized carbons (Fsp3) is 0.0714. The number of benzene rings is 2. The minimum Gasteiger partial charge on any atom is -0.291 e. The van der Waals surface area contributed by atoms with Gasteiger partial charge < -0.3 is 0 Å². The van der Waals surface area contributed by atoms with Gasteiger partial charge in [0.15, 0.2) is 0 Å². The van der Waals surface area contributed by atoms with E-state index in [1.165, 1.54) is 6.07 Å². The average molecular weight is 374 g/mol. The van der Waals surface area contributed by atoms with E-state index in [1.54, 1.807) is 28.8 Å². The van der Waals surface area contributed by atoms with Crippen LogP contribution in [0.15, 0.2) is 40.9 Å². The lowest BCUT2D eigenvalue weighted by Crippen LogP contribution is -2.02. The summed E-state index contributed by atoms with van der Waals surface area (Å²) in [6.07, 6.45) is 0. The van der Waals surface area contributed by atoms with Gasteiger partial charge in [0.25, 0.3) is 0 Å². The molecule has 1 aromatic heterocycles. The van der Waals surface area contributed by atoms with Crippen LogP contribution in [0.4, 0.5) is 4.39 Å². The maximum absolute atomic E-state index is 14.2. The molecule has 0 unspecified atom stereocenters. The Labute approximate surface area is 133 Å². The molecule has 3 aromatic rings. The topological polar surface area (TPSA) is 17.8 Å². The third kappa shape index (κ3) is 2.22. The molecule has 0 spiro atoms. The Hall–Kier alpha value is -1.10. The van der Waals surface area contributed by atoms with E-state index in [9.17, 15) is 4.39 Å². The molecule has 0 aliphatic carbocycles. The van der Waals surface area contributed by atoms with Crippen LogP contribution < -0.4 is 0 Å². The lowest BCUT2D eigenvalue weighted by atomic mass is 10.2. The van der Waals surface area contributed by atoms with E-state index in [2.05, 4.69) is 20.9 Å². The predicted octanol–water partition coefficient (Wildman–Crippen LogP) is 5.32. The van der Waals surface area contributed by atoms with E-state index < -0.39 is 0 Å². The molecule has 0 radical (unpaired) electrons. The van der Waals surface area contributed by atoms with Crippen LogP contribution in [0, 0.1) is 5.82 Å². The second-order valence-corrected chi connectivity index (χ2v) is 5.79. The lowest BCUT2D eigenvalue weighted by molar-refractivity contribution is 0.617. The largest absolute Gasteiger partial charge is 0.291 e. The highest BCUT2D eigenvalue weighted by Gasteiger charge is 2.16. The molecule has 102 valence electrons. The summed E-state index contributed by atoms with van der Waals surface area (Å²) >= 11 is 15.4. The van der Waals surface area contributed by atoms with Gasteiger partial charge >= 0.3 is 0 Å². The van der Waals surface area contributed by atoms with E-state index in [4.69, 9.17) is 23.2 Å². The van der Waals surface area contributed by atoms with Gasteiger partial charge in [0.2, 0.25) is 0 Å². The highest BCUT2D eigenvalue weighted by atomic mass is 79.9. The van der Waals surface area contributed by atoms with Gasteiger partial charge in [0, 0.05) is 4.47 Å². The summed E-state index contributed by atoms with van der Waals surface area (Å²) < 4.78 is 16.6. The molecule has 0 bridgehead atoms. The van der Waals surface area contributed by atoms with Crippen LogP contribution in [0.5, 0.6) is 0 Å². The number of rotatable bonds is 2. The Morgan fingerprint density at radius 3 is 2.75 bits per heavy atom. The second-order valence-electron chi connectivity index (χ2n) is 4.20. The quantitative estimate of drug-likeness (QED) is 0.556. The van der Waals surface area contributed by atoms with Crippen LogP contribution in [-0.2, 0) is 5.88 Å². The maximum atomic E-state index is 14.2. The average Bonchev–Trinajstić information content (AvgIpc) is 2.79. The number of aromatic nitrogens is 2. The highest BCUT2D eigenvalue weighted by molar-refractivity contribution is 9.10. The summed E-state index contributed by atoms with van der Waals surface area (Å²) in [4.78, 5) is 4.40. The molecule has 1 heterocycles. The van der Waals surface area contributed by atoms with Crippen molar-refractivity contribution < 1.29 is 4.39 Å². The van der Waals surface area contributed by atoms with Crippen molar-refractivity contribution in [2.75, 3.05) is 0 Å². The predicted molar refractivity (Wildman–Crippen MR) is 83.3 cm³/mol. The molecule has 20 heavy (non-hydrogen) atoms. The Bertz CT molecular complexity index is 801. The third-order valence-corrected chi connectivity index (χ3v) is 4.00. The van der Waals surface area contributed by atoms with Gasteiger partial charge in [-0.3, -0.25) is 4.57 Å². The molecule has 2 nitrogen and oxygen atoms in total. The minimum atomic E-state index is -0.370. The molecule has 3 rings (SSSR count). The van der Waals surface area contributed by atoms with Gasteiger partial charge in [-0.15, -0.1) is 11.6 Å². The van der Waals surface area contributed by atoms with Gasteiger partial charge in [0.1, 0.15) is 11.6 Å². The van der Waals surface area contributed by atoms with Crippen molar-refractivity contribution in [2.45, 2.75) is 5.88 Å². The fourth-order valence-electron chi connectivity index (χ4n) is 2.15. The first kappa shape index (κ1) is 13.9. The Balaban J connectivity index is 2.39. The zero-order valence-electron chi connectivity index (χ0n) is 10.1. The first-order valence-electron chi connectivity index (χ1n) is 5.79. The molecule has 0 aliphatic rings. The summed E-state index contributed by atoms with van der Waals surface area (Å²) in [5.74, 6) is 0.349. The molecule has 0 amide bonds. The van der Waals surface area contributed by atoms with Crippen molar-refractivity contribution in [1.82, 2.24) is 9.55 Å². The van der Waals surface area contributed by atoms with Gasteiger partial charge in [-0.2, -0.15) is 0 Å². The number of halogens is 4. The van der Waals surface area contributed by atoms with E-state index in [0.717, 1.165) is 0 Å². The highest BCUT2D eigenvalue weighted by Crippen LogP contribution is 2.30. The van der Waals surface area contributed by atoms with Crippen molar-refractivity contribution in [3.63, 3.8) is 0 Å². The molecule has 0 aliphatic heterocycles. The van der Waals surface area contributed by atoms with Crippen molar-refractivity contribution in [3.05, 3.63) is 57.5 Å². The smallest absolute Gasteiger partial charge is 0.148 e. The van der Waals surface area contributed by atoms with Crippen molar-refractivity contribution in [2.24, 2.45) is 0 Å². The van der Waals surface area contributed by atoms with Crippen molar-refractivity contribution in [3.8, 4) is 5.69 Å². The Kier molecular flexibility index (Phi) is 3.71. The van der Waals surface area contributed by atoms with Gasteiger partial charge in [-0.25, -0.2) is 9.37 Å². The molecule has 0 fully saturated rings. The molecule has 0 N–H and O–H groups in total. The zero-order valence-corrected chi connectivity index (χ0v) is 13.2. The summed E-state index contributed by atoms with van der Waals surface area (Å²) in [5.41, 5.74) is 1.72. The standard InChI is InChI=1S/C14H8BrCl2FN2/c15-8-4-5-12(10(18)6-8)20-13(7-16)19-11-3-1-2-9(17)14(11)20/h1-6H,7H2. The van der Waals surface area contributed by atoms with Crippen molar-refractivity contribution in [1.29, 1.82) is 0 Å². The first-order chi connectivity index (χ1) is 9.61. The molecular weight excluding hydrogens is 366 g/mol. The number of hydrogen-bond donors (Lipinski definition) is 0. The monoisotopic (exact) mass is 372 g/mol. The van der Waals surface area contributed by atoms with Crippen LogP contribution in [-0.4, -0.2) is 9.55 Å². The van der Waals surface area contributed by atoms with Crippen molar-refractivity contribution >= 4 is 50.2 Å². The van der Waals surface area contributed by atoms with Crippen LogP contribution >= 0.6 is 39.1 Å². The van der Waals surface area contributed by atoms with Crippen LogP contribution in [0.1, 0.15) is 5.82 Å². The zero-order chi connectivity index (χ0) is 14.3. The number of hydrogen-bond acceptors (Lipinski definition) is 1. The van der Waals surface area contributed by atoms with E-state index in [-0.39, 0.29) is 11.7 Å². The summed E-state index contributed by atoms with van der Waals surface area (Å²) in [5, 5.41) is 0.508. The van der Waals surface area contributed by atoms with Gasteiger partial charge in [-0.1, -0.05) is 33.6 Å². The Morgan fingerprint density at radius 1 is 1.25 bits per heavy atom. The normalized spacial score (nSPS) is 11.2. The number of fused-ring (bicyclic) bond motifs is 1. The van der Waals surface area contributed by atoms with E-state index in [0.29, 0.717) is 32.0 Å². The van der Waals surface area contributed by atoms with Crippen LogP contribution in [0.2, 0.25) is 5.02 Å². The second kappa shape index (κ2) is 5.35. The van der Waals surface area contributed by atoms with Gasteiger partial charge in [0.05, 0.1) is 27.6 Å². The molecule has 0 saturated carbocycles. The molecule has 0 saturated heterocycles. The molecular formula is C14H8BrCl2FN2. The summed E-state index contributed by atoms with van der Waals surface area (Å²) in [6.45, 7) is 0. The SMILES string of the molecule is Fc1cc(Br)ccc1-n1c(CCl)nc2cccc(Cl)c21. The van der Waals surface area contributed by atoms with Gasteiger partial charge in [-0.05, 0) is 30.3 Å². The van der Waals surface area contributed by atoms with Crippen LogP contribution in [0.25, 0.3) is 16.7 Å². The number of para-hydroxylation sites is 1. The van der Waals surface area contributed by atoms with Crippen LogP contribution in [0.3, 0.4) is 0 Å². The number of imidazole rings is 1. The minimum absolute atomic E-state index is 0.167. The summed E-state index contributed by atoms with van der Waals surface area (Å²) in [7, 11) is 0. The fourth-order valence-corrected chi connectivity index (χ4v) is 2.91. The van der Waals surface area contributed by atoms with E-state index >= 15 is 0 Å².